The Bertz CT molecular complexity index is 963. The third-order valence-electron chi connectivity index (χ3n) is 5.30. The Balaban J connectivity index is 2.11. The van der Waals surface area contributed by atoms with Crippen LogP contribution in [0.4, 0.5) is 0 Å². The van der Waals surface area contributed by atoms with E-state index in [2.05, 4.69) is 5.32 Å². The number of benzene rings is 2. The molecule has 0 aliphatic rings. The molecule has 26 heavy (non-hydrogen) atoms. The molecule has 1 amide bonds. The first-order valence-electron chi connectivity index (χ1n) is 8.89. The molecular formula is C21H25N3O2. The fourth-order valence-electron chi connectivity index (χ4n) is 3.18. The highest BCUT2D eigenvalue weighted by Crippen LogP contribution is 2.20. The minimum Gasteiger partial charge on any atom is -0.348 e. The maximum atomic E-state index is 12.8. The molecule has 0 saturated heterocycles. The Morgan fingerprint density at radius 2 is 1.58 bits per heavy atom. The van der Waals surface area contributed by atoms with E-state index in [9.17, 15) is 9.59 Å². The van der Waals surface area contributed by atoms with E-state index in [1.807, 2.05) is 61.7 Å². The highest BCUT2D eigenvalue weighted by molar-refractivity contribution is 5.94. The van der Waals surface area contributed by atoms with E-state index in [0.29, 0.717) is 17.3 Å². The highest BCUT2D eigenvalue weighted by atomic mass is 16.2. The van der Waals surface area contributed by atoms with Crippen LogP contribution < -0.4 is 16.5 Å². The molecule has 0 bridgehead atoms. The van der Waals surface area contributed by atoms with Gasteiger partial charge in [0, 0.05) is 17.3 Å². The summed E-state index contributed by atoms with van der Waals surface area (Å²) in [5.41, 5.74) is 6.91. The topological polar surface area (TPSA) is 77.1 Å². The molecule has 5 nitrogen and oxygen atoms in total. The number of rotatable bonds is 5. The summed E-state index contributed by atoms with van der Waals surface area (Å²) in [4.78, 5) is 25.6. The zero-order chi connectivity index (χ0) is 18.9. The van der Waals surface area contributed by atoms with Crippen LogP contribution in [0.5, 0.6) is 0 Å². The maximum Gasteiger partial charge on any atom is 0.240 e. The normalized spacial score (nSPS) is 13.9. The molecule has 1 unspecified atom stereocenters. The van der Waals surface area contributed by atoms with Gasteiger partial charge in [0.2, 0.25) is 5.91 Å². The number of para-hydroxylation sites is 2. The Kier molecular flexibility index (Phi) is 4.83. The maximum absolute atomic E-state index is 12.8. The number of aromatic nitrogens is 1. The molecule has 0 aliphatic carbocycles. The van der Waals surface area contributed by atoms with Crippen LogP contribution in [0, 0.1) is 5.92 Å². The summed E-state index contributed by atoms with van der Waals surface area (Å²) in [6.45, 7) is 6.53. The van der Waals surface area contributed by atoms with Gasteiger partial charge in [0.1, 0.15) is 6.54 Å². The molecule has 136 valence electrons. The number of hydrogen-bond donors (Lipinski definition) is 2. The van der Waals surface area contributed by atoms with Crippen molar-refractivity contribution in [2.75, 3.05) is 6.54 Å². The predicted octanol–water partition coefficient (Wildman–Crippen LogP) is 2.64. The van der Waals surface area contributed by atoms with Gasteiger partial charge in [-0.25, -0.2) is 0 Å². The number of carbonyl (C=O) groups is 1. The van der Waals surface area contributed by atoms with Gasteiger partial charge in [-0.2, -0.15) is 0 Å². The van der Waals surface area contributed by atoms with Crippen molar-refractivity contribution in [3.05, 3.63) is 58.8 Å². The number of nitrogens with zero attached hydrogens (tertiary/aromatic N) is 1. The Hall–Kier alpha value is -2.66. The summed E-state index contributed by atoms with van der Waals surface area (Å²) in [6, 6.07) is 14.8. The molecule has 5 heteroatoms. The monoisotopic (exact) mass is 351 g/mol. The molecular weight excluding hydrogens is 326 g/mol. The minimum atomic E-state index is -0.471. The predicted molar refractivity (Wildman–Crippen MR) is 106 cm³/mol. The van der Waals surface area contributed by atoms with Crippen LogP contribution in [-0.2, 0) is 11.3 Å². The molecule has 3 N–H and O–H groups in total. The summed E-state index contributed by atoms with van der Waals surface area (Å²) in [6.07, 6.45) is 0. The molecule has 3 rings (SSSR count). The van der Waals surface area contributed by atoms with Crippen molar-refractivity contribution in [2.24, 2.45) is 11.7 Å². The number of nitrogens with two attached hydrogens (primary N) is 1. The van der Waals surface area contributed by atoms with E-state index >= 15 is 0 Å². The van der Waals surface area contributed by atoms with E-state index in [1.54, 1.807) is 12.1 Å². The summed E-state index contributed by atoms with van der Waals surface area (Å²) in [5.74, 6) is 0.0876. The lowest BCUT2D eigenvalue weighted by atomic mass is 9.88. The lowest BCUT2D eigenvalue weighted by Crippen LogP contribution is -2.55. The second-order valence-electron chi connectivity index (χ2n) is 7.27. The van der Waals surface area contributed by atoms with Crippen molar-refractivity contribution in [3.8, 4) is 0 Å². The van der Waals surface area contributed by atoms with Gasteiger partial charge in [0.15, 0.2) is 5.43 Å². The number of pyridine rings is 1. The molecule has 1 aromatic heterocycles. The van der Waals surface area contributed by atoms with E-state index in [0.717, 1.165) is 11.0 Å². The molecule has 0 spiro atoms. The summed E-state index contributed by atoms with van der Waals surface area (Å²) in [5, 5.41) is 4.30. The molecule has 2 aromatic carbocycles. The Morgan fingerprint density at radius 1 is 1.08 bits per heavy atom. The van der Waals surface area contributed by atoms with Crippen LogP contribution in [-0.4, -0.2) is 22.6 Å². The quantitative estimate of drug-likeness (QED) is 0.694. The van der Waals surface area contributed by atoms with Gasteiger partial charge >= 0.3 is 0 Å². The van der Waals surface area contributed by atoms with Crippen LogP contribution >= 0.6 is 0 Å². The highest BCUT2D eigenvalue weighted by Gasteiger charge is 2.28. The average Bonchev–Trinajstić information content (AvgIpc) is 2.65. The molecule has 0 fully saturated rings. The van der Waals surface area contributed by atoms with Gasteiger partial charge in [0.25, 0.3) is 0 Å². The average molecular weight is 351 g/mol. The number of amides is 1. The zero-order valence-electron chi connectivity index (χ0n) is 15.5. The second kappa shape index (κ2) is 6.92. The zero-order valence-corrected chi connectivity index (χ0v) is 15.5. The second-order valence-corrected chi connectivity index (χ2v) is 7.27. The van der Waals surface area contributed by atoms with Gasteiger partial charge in [-0.05, 0) is 37.1 Å². The lowest BCUT2D eigenvalue weighted by molar-refractivity contribution is -0.123. The molecule has 3 aromatic rings. The first kappa shape index (κ1) is 18.1. The Labute approximate surface area is 152 Å². The van der Waals surface area contributed by atoms with Crippen molar-refractivity contribution >= 4 is 27.7 Å². The van der Waals surface area contributed by atoms with Crippen molar-refractivity contribution in [1.29, 1.82) is 0 Å². The smallest absolute Gasteiger partial charge is 0.240 e. The first-order valence-corrected chi connectivity index (χ1v) is 8.89. The minimum absolute atomic E-state index is 0.0122. The van der Waals surface area contributed by atoms with Crippen LogP contribution in [0.25, 0.3) is 21.8 Å². The van der Waals surface area contributed by atoms with Crippen molar-refractivity contribution in [2.45, 2.75) is 32.9 Å². The number of carbonyl (C=O) groups excluding carboxylic acids is 1. The van der Waals surface area contributed by atoms with E-state index in [1.165, 1.54) is 0 Å². The van der Waals surface area contributed by atoms with Crippen LogP contribution in [0.15, 0.2) is 53.3 Å². The summed E-state index contributed by atoms with van der Waals surface area (Å²) < 4.78 is 1.90. The number of nitrogens with one attached hydrogen (secondary N) is 1. The fraction of sp³-hybridized carbons (Fsp3) is 0.333. The van der Waals surface area contributed by atoms with Gasteiger partial charge in [0.05, 0.1) is 16.6 Å². The SMILES string of the molecule is CC(C)C(C)(CN)NC(=O)Cn1c2ccccc2c(=O)c2ccccc21. The van der Waals surface area contributed by atoms with Crippen molar-refractivity contribution < 1.29 is 4.79 Å². The number of hydrogen-bond acceptors (Lipinski definition) is 3. The third-order valence-corrected chi connectivity index (χ3v) is 5.30. The van der Waals surface area contributed by atoms with Gasteiger partial charge in [-0.3, -0.25) is 9.59 Å². The van der Waals surface area contributed by atoms with Crippen molar-refractivity contribution in [1.82, 2.24) is 9.88 Å². The lowest BCUT2D eigenvalue weighted by Gasteiger charge is -2.33. The van der Waals surface area contributed by atoms with Crippen LogP contribution in [0.3, 0.4) is 0 Å². The Morgan fingerprint density at radius 3 is 2.04 bits per heavy atom. The van der Waals surface area contributed by atoms with E-state index < -0.39 is 5.54 Å². The molecule has 1 heterocycles. The van der Waals surface area contributed by atoms with Crippen molar-refractivity contribution in [3.63, 3.8) is 0 Å². The first-order chi connectivity index (χ1) is 12.4. The largest absolute Gasteiger partial charge is 0.348 e. The van der Waals surface area contributed by atoms with E-state index in [-0.39, 0.29) is 23.8 Å². The van der Waals surface area contributed by atoms with Crippen LogP contribution in [0.2, 0.25) is 0 Å². The van der Waals surface area contributed by atoms with Gasteiger partial charge in [-0.15, -0.1) is 0 Å². The number of fused-ring (bicyclic) bond motifs is 2. The van der Waals surface area contributed by atoms with Gasteiger partial charge < -0.3 is 15.6 Å². The van der Waals surface area contributed by atoms with Crippen LogP contribution in [0.1, 0.15) is 20.8 Å². The fourth-order valence-corrected chi connectivity index (χ4v) is 3.18. The summed E-state index contributed by atoms with van der Waals surface area (Å²) >= 11 is 0. The van der Waals surface area contributed by atoms with E-state index in [4.69, 9.17) is 5.73 Å². The molecule has 0 aliphatic heterocycles. The van der Waals surface area contributed by atoms with Gasteiger partial charge in [-0.1, -0.05) is 38.1 Å². The standard InChI is InChI=1S/C21H25N3O2/c1-14(2)21(3,13-22)23-19(25)12-24-17-10-6-4-8-15(17)20(26)16-9-5-7-11-18(16)24/h4-11,14H,12-13,22H2,1-3H3,(H,23,25). The summed E-state index contributed by atoms with van der Waals surface area (Å²) in [7, 11) is 0. The third kappa shape index (κ3) is 3.10. The molecule has 0 radical (unpaired) electrons. The molecule has 1 atom stereocenters. The molecule has 0 saturated carbocycles.